The Labute approximate surface area is 346 Å². The van der Waals surface area contributed by atoms with Crippen LogP contribution in [0.1, 0.15) is 64.4 Å². The van der Waals surface area contributed by atoms with Gasteiger partial charge in [0.25, 0.3) is 5.91 Å². The van der Waals surface area contributed by atoms with Gasteiger partial charge in [-0.25, -0.2) is 24.9 Å². The van der Waals surface area contributed by atoms with Gasteiger partial charge in [-0.05, 0) is 24.7 Å². The molecule has 18 nitrogen and oxygen atoms in total. The second kappa shape index (κ2) is 22.1. The predicted molar refractivity (Wildman–Crippen MR) is 221 cm³/mol. The van der Waals surface area contributed by atoms with E-state index in [9.17, 15) is 24.0 Å². The minimum absolute atomic E-state index is 0.0310. The van der Waals surface area contributed by atoms with Crippen molar-refractivity contribution in [2.75, 3.05) is 78.3 Å². The number of benzene rings is 1. The summed E-state index contributed by atoms with van der Waals surface area (Å²) >= 11 is 0. The number of carbonyl (C=O) groups is 5. The number of carbonyl (C=O) groups excluding carboxylic acids is 5. The van der Waals surface area contributed by atoms with Crippen LogP contribution in [0.4, 0.5) is 10.6 Å². The normalized spacial score (nSPS) is 17.4. The number of anilines is 1. The van der Waals surface area contributed by atoms with Gasteiger partial charge in [0, 0.05) is 58.0 Å². The Morgan fingerprint density at radius 1 is 0.847 bits per heavy atom. The Kier molecular flexibility index (Phi) is 17.6. The molecule has 2 aliphatic rings. The molecule has 2 saturated heterocycles. The number of unbranched alkanes of at least 4 members (excludes halogenated alkanes) is 1. The summed E-state index contributed by atoms with van der Waals surface area (Å²) < 4.78 is 36.3. The summed E-state index contributed by atoms with van der Waals surface area (Å²) in [7, 11) is -0.180. The van der Waals surface area contributed by atoms with E-state index in [1.807, 2.05) is 42.2 Å². The lowest BCUT2D eigenvalue weighted by Gasteiger charge is -2.37. The molecule has 1 aromatic carbocycles. The fraction of sp³-hybridized carbons (Fsp3) is 0.625. The highest BCUT2D eigenvalue weighted by Crippen LogP contribution is 2.41. The quantitative estimate of drug-likeness (QED) is 0.0802. The number of rotatable bonds is 19. The third-order valence-corrected chi connectivity index (χ3v) is 12.6. The smallest absolute Gasteiger partial charge is 0.409 e. The molecule has 0 radical (unpaired) electrons. The van der Waals surface area contributed by atoms with Crippen LogP contribution in [0.5, 0.6) is 0 Å². The van der Waals surface area contributed by atoms with Crippen molar-refractivity contribution in [2.45, 2.75) is 78.1 Å². The largest absolute Gasteiger partial charge is 0.468 e. The topological polar surface area (TPSA) is 211 Å². The lowest BCUT2D eigenvalue weighted by molar-refractivity contribution is -0.144. The summed E-state index contributed by atoms with van der Waals surface area (Å²) in [4.78, 5) is 82.3. The van der Waals surface area contributed by atoms with Gasteiger partial charge in [0.05, 0.1) is 33.1 Å². The van der Waals surface area contributed by atoms with E-state index in [0.29, 0.717) is 24.5 Å². The number of ether oxygens (including phenoxy) is 4. The zero-order chi connectivity index (χ0) is 43.3. The fourth-order valence-corrected chi connectivity index (χ4v) is 9.50. The average Bonchev–Trinajstić information content (AvgIpc) is 3.73. The van der Waals surface area contributed by atoms with Crippen LogP contribution in [0.2, 0.25) is 0 Å². The molecular formula is C40H61N8O10P. The molecule has 2 fully saturated rings. The predicted octanol–water partition coefficient (Wildman–Crippen LogP) is 3.32. The molecule has 326 valence electrons. The average molecular weight is 845 g/mol. The van der Waals surface area contributed by atoms with Crippen LogP contribution in [0.15, 0.2) is 36.4 Å². The van der Waals surface area contributed by atoms with Crippen molar-refractivity contribution in [3.05, 3.63) is 42.1 Å². The van der Waals surface area contributed by atoms with Crippen LogP contribution in [-0.2, 0) is 37.9 Å². The highest BCUT2D eigenvalue weighted by molar-refractivity contribution is 7.60. The van der Waals surface area contributed by atoms with Gasteiger partial charge in [-0.3, -0.25) is 23.7 Å². The monoisotopic (exact) mass is 844 g/mol. The van der Waals surface area contributed by atoms with Crippen LogP contribution in [-0.4, -0.2) is 147 Å². The van der Waals surface area contributed by atoms with E-state index >= 15 is 4.57 Å². The molecule has 4 rings (SSSR count). The van der Waals surface area contributed by atoms with E-state index in [1.54, 1.807) is 40.9 Å². The van der Waals surface area contributed by atoms with Crippen molar-refractivity contribution in [3.8, 4) is 11.4 Å². The number of methoxy groups -OCH3 is 3. The van der Waals surface area contributed by atoms with Crippen molar-refractivity contribution in [1.29, 1.82) is 0 Å². The third-order valence-electron chi connectivity index (χ3n) is 10.3. The number of hydrogen-bond donors (Lipinski definition) is 3. The molecule has 59 heavy (non-hydrogen) atoms. The Bertz CT molecular complexity index is 1760. The van der Waals surface area contributed by atoms with E-state index in [2.05, 4.69) is 20.5 Å². The number of nitrogens with one attached hydrogen (secondary N) is 3. The molecule has 3 heterocycles. The molecule has 0 bridgehead atoms. The Morgan fingerprint density at radius 2 is 1.44 bits per heavy atom. The van der Waals surface area contributed by atoms with Crippen LogP contribution < -0.4 is 20.4 Å². The van der Waals surface area contributed by atoms with Gasteiger partial charge in [0.2, 0.25) is 13.4 Å². The molecule has 1 aromatic heterocycles. The molecule has 3 amide bonds. The molecule has 0 saturated carbocycles. The molecule has 0 unspecified atom stereocenters. The summed E-state index contributed by atoms with van der Waals surface area (Å²) in [6.45, 7) is 10.8. The second-order valence-electron chi connectivity index (χ2n) is 15.4. The first-order chi connectivity index (χ1) is 28.1. The number of nitrogens with zero attached hydrogens (tertiary/aromatic N) is 5. The molecule has 2 aliphatic heterocycles. The molecule has 0 spiro atoms. The van der Waals surface area contributed by atoms with Crippen LogP contribution in [0.25, 0.3) is 11.4 Å². The zero-order valence-electron chi connectivity index (χ0n) is 35.5. The first-order valence-electron chi connectivity index (χ1n) is 20.2. The number of hydrogen-bond acceptors (Lipinski definition) is 13. The zero-order valence-corrected chi connectivity index (χ0v) is 36.4. The maximum absolute atomic E-state index is 15.3. The summed E-state index contributed by atoms with van der Waals surface area (Å²) in [5.41, 5.74) is 0.611. The van der Waals surface area contributed by atoms with E-state index in [4.69, 9.17) is 23.9 Å². The number of amides is 3. The van der Waals surface area contributed by atoms with Gasteiger partial charge in [-0.15, -0.1) is 0 Å². The van der Waals surface area contributed by atoms with Gasteiger partial charge in [-0.2, -0.15) is 0 Å². The minimum Gasteiger partial charge on any atom is -0.468 e. The molecule has 2 aromatic rings. The molecule has 4 atom stereocenters. The molecule has 0 aliphatic carbocycles. The van der Waals surface area contributed by atoms with Gasteiger partial charge < -0.3 is 39.0 Å². The molecule has 3 N–H and O–H groups in total. The van der Waals surface area contributed by atoms with Crippen LogP contribution in [0, 0.1) is 11.8 Å². The van der Waals surface area contributed by atoms with E-state index in [0.717, 1.165) is 19.3 Å². The van der Waals surface area contributed by atoms with E-state index in [1.165, 1.54) is 24.0 Å². The van der Waals surface area contributed by atoms with Gasteiger partial charge in [-0.1, -0.05) is 71.4 Å². The SMILES string of the molecule is CCCCOC(=O)N1CCN(C(=O)[C@H](CP(=O)(N[C@H](C(=O)OC)C(C)C)N[C@H](C(=O)OC)C(C)C)NC(=O)c2cc(N3CC[C@H](OC)C3)nc(-c3ccccc3)n2)CC1. The summed E-state index contributed by atoms with van der Waals surface area (Å²) in [5.74, 6) is -2.90. The van der Waals surface area contributed by atoms with Crippen LogP contribution >= 0.6 is 7.44 Å². The first kappa shape index (κ1) is 47.0. The minimum atomic E-state index is -4.22. The summed E-state index contributed by atoms with van der Waals surface area (Å²) in [6, 6.07) is 6.94. The van der Waals surface area contributed by atoms with Gasteiger partial charge >= 0.3 is 18.0 Å². The fourth-order valence-electron chi connectivity index (χ4n) is 6.75. The number of piperazine rings is 1. The van der Waals surface area contributed by atoms with Crippen molar-refractivity contribution in [2.24, 2.45) is 11.8 Å². The Balaban J connectivity index is 1.76. The highest BCUT2D eigenvalue weighted by atomic mass is 31.2. The number of aromatic nitrogens is 2. The molecular weight excluding hydrogens is 783 g/mol. The Hall–Kier alpha value is -4.64. The molecule has 19 heteroatoms. The van der Waals surface area contributed by atoms with Crippen molar-refractivity contribution in [1.82, 2.24) is 35.3 Å². The van der Waals surface area contributed by atoms with Crippen LogP contribution in [0.3, 0.4) is 0 Å². The van der Waals surface area contributed by atoms with Crippen molar-refractivity contribution >= 4 is 43.1 Å². The highest BCUT2D eigenvalue weighted by Gasteiger charge is 2.42. The first-order valence-corrected chi connectivity index (χ1v) is 22.1. The Morgan fingerprint density at radius 3 is 1.97 bits per heavy atom. The lowest BCUT2D eigenvalue weighted by Crippen LogP contribution is -2.58. The number of esters is 2. The van der Waals surface area contributed by atoms with E-state index < -0.39 is 73.4 Å². The summed E-state index contributed by atoms with van der Waals surface area (Å²) in [5, 5.41) is 8.62. The van der Waals surface area contributed by atoms with Gasteiger partial charge in [0.15, 0.2) is 5.82 Å². The lowest BCUT2D eigenvalue weighted by atomic mass is 10.1. The second-order valence-corrected chi connectivity index (χ2v) is 17.7. The van der Waals surface area contributed by atoms with Crippen molar-refractivity contribution in [3.63, 3.8) is 0 Å². The summed E-state index contributed by atoms with van der Waals surface area (Å²) in [6.07, 6.45) is 1.24. The maximum Gasteiger partial charge on any atom is 0.409 e. The maximum atomic E-state index is 15.3. The standard InChI is InChI=1S/C40H61N8O10P/c1-9-10-22-58-40(53)47-20-18-46(19-21-47)37(50)31(25-59(54,44-33(26(2)3)38(51)56-7)45-34(27(4)5)39(52)57-8)42-36(49)30-23-32(48-17-16-29(24-48)55-6)43-35(41-30)28-14-12-11-13-15-28/h11-15,23,26-27,29,31,33-34H,9-10,16-22,24-25H2,1-8H3,(H,42,49)(H2,44,45,54)/t29-,31-,33-,34-/m0/s1. The van der Waals surface area contributed by atoms with Gasteiger partial charge in [0.1, 0.15) is 29.6 Å². The third kappa shape index (κ3) is 12.9. The van der Waals surface area contributed by atoms with Crippen molar-refractivity contribution < 1.29 is 47.5 Å². The van der Waals surface area contributed by atoms with E-state index in [-0.39, 0.29) is 50.4 Å².